The Morgan fingerprint density at radius 2 is 1.96 bits per heavy atom. The smallest absolute Gasteiger partial charge is 0.244 e. The average Bonchev–Trinajstić information content (AvgIpc) is 2.60. The summed E-state index contributed by atoms with van der Waals surface area (Å²) in [5.41, 5.74) is 9.50. The van der Waals surface area contributed by atoms with Crippen molar-refractivity contribution in [3.8, 4) is 0 Å². The highest BCUT2D eigenvalue weighted by Gasteiger charge is 2.32. The van der Waals surface area contributed by atoms with Crippen molar-refractivity contribution in [2.24, 2.45) is 5.73 Å². The summed E-state index contributed by atoms with van der Waals surface area (Å²) in [6.07, 6.45) is 1.71. The molecular formula is C20H23N3O2. The van der Waals surface area contributed by atoms with Crippen LogP contribution in [0.3, 0.4) is 0 Å². The molecule has 1 heterocycles. The quantitative estimate of drug-likeness (QED) is 0.881. The Hall–Kier alpha value is -2.66. The third-order valence-corrected chi connectivity index (χ3v) is 4.35. The molecule has 0 spiro atoms. The van der Waals surface area contributed by atoms with Crippen LogP contribution in [0.2, 0.25) is 0 Å². The lowest BCUT2D eigenvalue weighted by Crippen LogP contribution is -2.48. The number of nitrogens with one attached hydrogen (secondary N) is 1. The Morgan fingerprint density at radius 3 is 2.68 bits per heavy atom. The average molecular weight is 337 g/mol. The fraction of sp³-hybridized carbons (Fsp3) is 0.300. The number of amides is 2. The number of benzene rings is 2. The highest BCUT2D eigenvalue weighted by Crippen LogP contribution is 2.36. The van der Waals surface area contributed by atoms with Crippen molar-refractivity contribution >= 4 is 23.2 Å². The van der Waals surface area contributed by atoms with E-state index in [1.54, 1.807) is 4.90 Å². The first-order valence-electron chi connectivity index (χ1n) is 8.62. The highest BCUT2D eigenvalue weighted by molar-refractivity contribution is 6.05. The molecule has 5 heteroatoms. The first kappa shape index (κ1) is 17.2. The van der Waals surface area contributed by atoms with Crippen LogP contribution >= 0.6 is 0 Å². The molecule has 0 radical (unpaired) electrons. The van der Waals surface area contributed by atoms with E-state index in [2.05, 4.69) is 5.32 Å². The van der Waals surface area contributed by atoms with Crippen molar-refractivity contribution in [1.29, 1.82) is 0 Å². The predicted molar refractivity (Wildman–Crippen MR) is 99.3 cm³/mol. The molecule has 1 aliphatic rings. The van der Waals surface area contributed by atoms with Gasteiger partial charge in [0.2, 0.25) is 11.8 Å². The van der Waals surface area contributed by atoms with Crippen LogP contribution in [0.1, 0.15) is 30.9 Å². The zero-order valence-corrected chi connectivity index (χ0v) is 14.4. The molecule has 0 fully saturated rings. The molecule has 130 valence electrons. The third-order valence-electron chi connectivity index (χ3n) is 4.35. The number of nitrogens with zero attached hydrogens (tertiary/aromatic N) is 1. The first-order chi connectivity index (χ1) is 12.1. The molecule has 3 rings (SSSR count). The van der Waals surface area contributed by atoms with Crippen molar-refractivity contribution in [2.45, 2.75) is 38.8 Å². The van der Waals surface area contributed by atoms with Gasteiger partial charge in [0.25, 0.3) is 0 Å². The number of anilines is 2. The molecule has 25 heavy (non-hydrogen) atoms. The normalized spacial score (nSPS) is 16.5. The maximum Gasteiger partial charge on any atom is 0.244 e. The molecular weight excluding hydrogens is 314 g/mol. The third kappa shape index (κ3) is 3.72. The van der Waals surface area contributed by atoms with Crippen molar-refractivity contribution < 1.29 is 9.59 Å². The van der Waals surface area contributed by atoms with Gasteiger partial charge in [-0.3, -0.25) is 9.59 Å². The fourth-order valence-corrected chi connectivity index (χ4v) is 3.17. The molecule has 3 N–H and O–H groups in total. The van der Waals surface area contributed by atoms with E-state index < -0.39 is 6.04 Å². The van der Waals surface area contributed by atoms with E-state index in [1.807, 2.05) is 55.5 Å². The molecule has 1 aliphatic heterocycles. The molecule has 0 aliphatic carbocycles. The maximum absolute atomic E-state index is 12.7. The first-order valence-corrected chi connectivity index (χ1v) is 8.62. The second kappa shape index (κ2) is 7.49. The Balaban J connectivity index is 1.99. The monoisotopic (exact) mass is 337 g/mol. The molecule has 0 saturated heterocycles. The Kier molecular flexibility index (Phi) is 5.14. The standard InChI is InChI=1S/C20H23N3O2/c1-2-7-18(24)22-17-11-6-10-15-12-16(21)20(25)23(19(15)17)13-14-8-4-3-5-9-14/h3-6,8-11,16H,2,7,12-13,21H2,1H3,(H,22,24). The minimum Gasteiger partial charge on any atom is -0.324 e. The van der Waals surface area contributed by atoms with Gasteiger partial charge in [0.05, 0.1) is 24.0 Å². The van der Waals surface area contributed by atoms with Crippen molar-refractivity contribution in [1.82, 2.24) is 0 Å². The van der Waals surface area contributed by atoms with E-state index in [0.29, 0.717) is 25.1 Å². The second-order valence-electron chi connectivity index (χ2n) is 6.33. The molecule has 0 aromatic heterocycles. The summed E-state index contributed by atoms with van der Waals surface area (Å²) in [6.45, 7) is 2.39. The molecule has 2 aromatic carbocycles. The highest BCUT2D eigenvalue weighted by atomic mass is 16.2. The lowest BCUT2D eigenvalue weighted by molar-refractivity contribution is -0.120. The van der Waals surface area contributed by atoms with Crippen LogP contribution in [0, 0.1) is 0 Å². The van der Waals surface area contributed by atoms with Crippen molar-refractivity contribution in [3.63, 3.8) is 0 Å². The number of carbonyl (C=O) groups is 2. The Bertz CT molecular complexity index is 774. The fourth-order valence-electron chi connectivity index (χ4n) is 3.17. The summed E-state index contributed by atoms with van der Waals surface area (Å²) in [5.74, 6) is -0.161. The summed E-state index contributed by atoms with van der Waals surface area (Å²) in [7, 11) is 0. The van der Waals surface area contributed by atoms with Gasteiger partial charge in [-0.15, -0.1) is 0 Å². The largest absolute Gasteiger partial charge is 0.324 e. The molecule has 0 bridgehead atoms. The lowest BCUT2D eigenvalue weighted by atomic mass is 9.95. The van der Waals surface area contributed by atoms with Crippen LogP contribution in [0.5, 0.6) is 0 Å². The minimum absolute atomic E-state index is 0.0436. The van der Waals surface area contributed by atoms with Gasteiger partial charge in [0.15, 0.2) is 0 Å². The van der Waals surface area contributed by atoms with Gasteiger partial charge in [0, 0.05) is 6.42 Å². The van der Waals surface area contributed by atoms with Crippen molar-refractivity contribution in [3.05, 3.63) is 59.7 Å². The van der Waals surface area contributed by atoms with E-state index in [0.717, 1.165) is 23.2 Å². The van der Waals surface area contributed by atoms with E-state index in [-0.39, 0.29) is 11.8 Å². The summed E-state index contributed by atoms with van der Waals surface area (Å²) in [4.78, 5) is 26.5. The maximum atomic E-state index is 12.7. The van der Waals surface area contributed by atoms with Gasteiger partial charge in [-0.05, 0) is 30.0 Å². The summed E-state index contributed by atoms with van der Waals surface area (Å²) < 4.78 is 0. The van der Waals surface area contributed by atoms with Crippen LogP contribution < -0.4 is 16.0 Å². The number of fused-ring (bicyclic) bond motifs is 1. The van der Waals surface area contributed by atoms with Crippen LogP contribution in [-0.4, -0.2) is 17.9 Å². The van der Waals surface area contributed by atoms with Gasteiger partial charge < -0.3 is 16.0 Å². The van der Waals surface area contributed by atoms with Crippen LogP contribution in [0.25, 0.3) is 0 Å². The van der Waals surface area contributed by atoms with E-state index >= 15 is 0 Å². The van der Waals surface area contributed by atoms with Gasteiger partial charge in [-0.2, -0.15) is 0 Å². The molecule has 1 atom stereocenters. The second-order valence-corrected chi connectivity index (χ2v) is 6.33. The van der Waals surface area contributed by atoms with Crippen LogP contribution in [0.4, 0.5) is 11.4 Å². The SMILES string of the molecule is CCCC(=O)Nc1cccc2c1N(Cc1ccccc1)C(=O)C(N)C2. The zero-order valence-electron chi connectivity index (χ0n) is 14.4. The van der Waals surface area contributed by atoms with E-state index in [1.165, 1.54) is 0 Å². The molecule has 0 saturated carbocycles. The minimum atomic E-state index is -0.558. The lowest BCUT2D eigenvalue weighted by Gasteiger charge is -2.34. The number of para-hydroxylation sites is 1. The molecule has 2 aromatic rings. The van der Waals surface area contributed by atoms with Crippen molar-refractivity contribution in [2.75, 3.05) is 10.2 Å². The zero-order chi connectivity index (χ0) is 17.8. The van der Waals surface area contributed by atoms with E-state index in [9.17, 15) is 9.59 Å². The Labute approximate surface area is 147 Å². The Morgan fingerprint density at radius 1 is 1.20 bits per heavy atom. The number of hydrogen-bond acceptors (Lipinski definition) is 3. The summed E-state index contributed by atoms with van der Waals surface area (Å²) in [5, 5.41) is 2.95. The molecule has 5 nitrogen and oxygen atoms in total. The number of carbonyl (C=O) groups excluding carboxylic acids is 2. The molecule has 1 unspecified atom stereocenters. The topological polar surface area (TPSA) is 75.4 Å². The van der Waals surface area contributed by atoms with E-state index in [4.69, 9.17) is 5.73 Å². The van der Waals surface area contributed by atoms with Gasteiger partial charge in [-0.1, -0.05) is 49.4 Å². The van der Waals surface area contributed by atoms with Gasteiger partial charge in [0.1, 0.15) is 0 Å². The number of hydrogen-bond donors (Lipinski definition) is 2. The predicted octanol–water partition coefficient (Wildman–Crippen LogP) is 2.84. The number of nitrogens with two attached hydrogens (primary N) is 1. The van der Waals surface area contributed by atoms with Crippen LogP contribution in [-0.2, 0) is 22.6 Å². The molecule has 2 amide bonds. The van der Waals surface area contributed by atoms with Crippen LogP contribution in [0.15, 0.2) is 48.5 Å². The van der Waals surface area contributed by atoms with Gasteiger partial charge in [-0.25, -0.2) is 0 Å². The summed E-state index contributed by atoms with van der Waals surface area (Å²) in [6, 6.07) is 14.9. The van der Waals surface area contributed by atoms with Gasteiger partial charge >= 0.3 is 0 Å². The number of rotatable bonds is 5. The summed E-state index contributed by atoms with van der Waals surface area (Å²) >= 11 is 0.